The summed E-state index contributed by atoms with van der Waals surface area (Å²) in [7, 11) is -1.50. The predicted octanol–water partition coefficient (Wildman–Crippen LogP) is 1.90. The van der Waals surface area contributed by atoms with Gasteiger partial charge in [0.05, 0.1) is 31.1 Å². The predicted molar refractivity (Wildman–Crippen MR) is 112 cm³/mol. The van der Waals surface area contributed by atoms with Crippen molar-refractivity contribution in [1.29, 1.82) is 0 Å². The van der Waals surface area contributed by atoms with E-state index in [1.54, 1.807) is 7.05 Å². The molecule has 2 saturated heterocycles. The average Bonchev–Trinajstić information content (AvgIpc) is 3.08. The lowest BCUT2D eigenvalue weighted by Gasteiger charge is -2.44. The maximum absolute atomic E-state index is 11.7. The molecule has 2 aliphatic heterocycles. The molecule has 2 aliphatic rings. The number of hydrogen-bond donors (Lipinski definition) is 0. The Kier molecular flexibility index (Phi) is 5.63. The normalized spacial score (nSPS) is 20.8. The Morgan fingerprint density at radius 1 is 1.28 bits per heavy atom. The molecule has 3 heterocycles. The van der Waals surface area contributed by atoms with Crippen molar-refractivity contribution in [1.82, 2.24) is 19.3 Å². The molecule has 158 valence electrons. The van der Waals surface area contributed by atoms with Gasteiger partial charge in [0.2, 0.25) is 10.0 Å². The minimum Gasteiger partial charge on any atom is -0.376 e. The van der Waals surface area contributed by atoms with E-state index in [4.69, 9.17) is 4.74 Å². The van der Waals surface area contributed by atoms with Crippen LogP contribution in [0.3, 0.4) is 0 Å². The Labute approximate surface area is 172 Å². The second kappa shape index (κ2) is 8.04. The molecule has 9 heteroatoms. The minimum absolute atomic E-state index is 0.0342. The number of likely N-dealkylation sites (N-methyl/N-ethyl adjacent to an activating group) is 1. The Bertz CT molecular complexity index is 962. The highest BCUT2D eigenvalue weighted by atomic mass is 32.2. The smallest absolute Gasteiger partial charge is 0.211 e. The van der Waals surface area contributed by atoms with Crippen molar-refractivity contribution in [3.63, 3.8) is 0 Å². The largest absolute Gasteiger partial charge is 0.376 e. The molecule has 4 rings (SSSR count). The van der Waals surface area contributed by atoms with E-state index in [0.717, 1.165) is 48.5 Å². The molecular weight excluding hydrogens is 390 g/mol. The van der Waals surface area contributed by atoms with Gasteiger partial charge in [-0.25, -0.2) is 13.1 Å². The van der Waals surface area contributed by atoms with Crippen LogP contribution in [0.15, 0.2) is 24.4 Å². The fraction of sp³-hybridized carbons (Fsp3) is 0.600. The number of nitrogens with zero attached hydrogens (tertiary/aromatic N) is 5. The standard InChI is InChI=1S/C20H29N5O3S/c1-15-10-16(24-11-17(12-24)23(2)29(3,26)27)7-8-19(15)20-14-25(22-21-20)13-18-6-4-5-9-28-18/h7-8,10,14,17-18H,4-6,9,11-13H2,1-3H3. The van der Waals surface area contributed by atoms with Crippen molar-refractivity contribution in [3.8, 4) is 11.3 Å². The first kappa shape index (κ1) is 20.3. The summed E-state index contributed by atoms with van der Waals surface area (Å²) in [5.74, 6) is 0. The number of ether oxygens (including phenoxy) is 1. The van der Waals surface area contributed by atoms with Crippen molar-refractivity contribution in [2.24, 2.45) is 0 Å². The first-order chi connectivity index (χ1) is 13.8. The van der Waals surface area contributed by atoms with Gasteiger partial charge in [-0.05, 0) is 43.9 Å². The van der Waals surface area contributed by atoms with Crippen molar-refractivity contribution in [2.75, 3.05) is 37.9 Å². The summed E-state index contributed by atoms with van der Waals surface area (Å²) in [5, 5.41) is 8.63. The highest BCUT2D eigenvalue weighted by Gasteiger charge is 2.34. The molecule has 2 fully saturated rings. The molecule has 0 saturated carbocycles. The zero-order valence-corrected chi connectivity index (χ0v) is 18.1. The Morgan fingerprint density at radius 3 is 2.72 bits per heavy atom. The van der Waals surface area contributed by atoms with Crippen molar-refractivity contribution >= 4 is 15.7 Å². The Balaban J connectivity index is 1.41. The topological polar surface area (TPSA) is 80.6 Å². The maximum Gasteiger partial charge on any atom is 0.211 e. The number of aryl methyl sites for hydroxylation is 1. The monoisotopic (exact) mass is 419 g/mol. The second-order valence-electron chi connectivity index (χ2n) is 8.15. The number of anilines is 1. The van der Waals surface area contributed by atoms with Crippen molar-refractivity contribution in [2.45, 2.75) is 44.9 Å². The van der Waals surface area contributed by atoms with E-state index < -0.39 is 10.0 Å². The van der Waals surface area contributed by atoms with Crippen LogP contribution in [0.1, 0.15) is 24.8 Å². The van der Waals surface area contributed by atoms with E-state index in [2.05, 4.69) is 40.3 Å². The van der Waals surface area contributed by atoms with Gasteiger partial charge >= 0.3 is 0 Å². The lowest BCUT2D eigenvalue weighted by Crippen LogP contribution is -2.59. The molecule has 0 spiro atoms. The van der Waals surface area contributed by atoms with Crippen LogP contribution in [0.2, 0.25) is 0 Å². The summed E-state index contributed by atoms with van der Waals surface area (Å²) < 4.78 is 32.5. The van der Waals surface area contributed by atoms with Crippen LogP contribution in [0.25, 0.3) is 11.3 Å². The molecule has 1 unspecified atom stereocenters. The molecule has 0 aliphatic carbocycles. The third-order valence-corrected chi connectivity index (χ3v) is 7.30. The molecular formula is C20H29N5O3S. The van der Waals surface area contributed by atoms with Crippen molar-refractivity contribution in [3.05, 3.63) is 30.0 Å². The maximum atomic E-state index is 11.7. The number of hydrogen-bond acceptors (Lipinski definition) is 6. The summed E-state index contributed by atoms with van der Waals surface area (Å²) in [6, 6.07) is 6.31. The van der Waals surface area contributed by atoms with Gasteiger partial charge in [0.25, 0.3) is 0 Å². The van der Waals surface area contributed by atoms with Gasteiger partial charge in [0.1, 0.15) is 5.69 Å². The van der Waals surface area contributed by atoms with Gasteiger partial charge in [-0.2, -0.15) is 4.31 Å². The van der Waals surface area contributed by atoms with Gasteiger partial charge in [-0.15, -0.1) is 5.10 Å². The third kappa shape index (κ3) is 4.46. The Hall–Kier alpha value is -1.97. The first-order valence-electron chi connectivity index (χ1n) is 10.1. The fourth-order valence-corrected chi connectivity index (χ4v) is 4.64. The lowest BCUT2D eigenvalue weighted by molar-refractivity contribution is 0.00370. The minimum atomic E-state index is -3.15. The Morgan fingerprint density at radius 2 is 2.07 bits per heavy atom. The number of benzene rings is 1. The zero-order valence-electron chi connectivity index (χ0n) is 17.3. The summed E-state index contributed by atoms with van der Waals surface area (Å²) in [6.45, 7) is 5.07. The van der Waals surface area contributed by atoms with Gasteiger partial charge < -0.3 is 9.64 Å². The molecule has 0 radical (unpaired) electrons. The average molecular weight is 420 g/mol. The molecule has 8 nitrogen and oxygen atoms in total. The number of sulfonamides is 1. The molecule has 29 heavy (non-hydrogen) atoms. The molecule has 0 amide bonds. The van der Waals surface area contributed by atoms with E-state index in [1.807, 2.05) is 10.9 Å². The highest BCUT2D eigenvalue weighted by Crippen LogP contribution is 2.30. The third-order valence-electron chi connectivity index (χ3n) is 5.95. The SMILES string of the molecule is Cc1cc(N2CC(N(C)S(C)(=O)=O)C2)ccc1-c1cn(CC2CCCCO2)nn1. The van der Waals surface area contributed by atoms with Crippen LogP contribution in [0.5, 0.6) is 0 Å². The van der Waals surface area contributed by atoms with Crippen molar-refractivity contribution < 1.29 is 13.2 Å². The quantitative estimate of drug-likeness (QED) is 0.712. The summed E-state index contributed by atoms with van der Waals surface area (Å²) in [4.78, 5) is 2.19. The van der Waals surface area contributed by atoms with Gasteiger partial charge in [-0.3, -0.25) is 0 Å². The van der Waals surface area contributed by atoms with E-state index in [0.29, 0.717) is 13.1 Å². The summed E-state index contributed by atoms with van der Waals surface area (Å²) >= 11 is 0. The van der Waals surface area contributed by atoms with Crippen LogP contribution in [-0.4, -0.2) is 72.9 Å². The highest BCUT2D eigenvalue weighted by molar-refractivity contribution is 7.88. The van der Waals surface area contributed by atoms with E-state index in [9.17, 15) is 8.42 Å². The fourth-order valence-electron chi connectivity index (χ4n) is 3.97. The molecule has 2 aromatic rings. The van der Waals surface area contributed by atoms with Crippen LogP contribution in [-0.2, 0) is 21.3 Å². The van der Waals surface area contributed by atoms with Gasteiger partial charge in [-0.1, -0.05) is 11.3 Å². The van der Waals surface area contributed by atoms with Crippen LogP contribution < -0.4 is 4.90 Å². The molecule has 1 aromatic carbocycles. The zero-order chi connectivity index (χ0) is 20.6. The first-order valence-corrected chi connectivity index (χ1v) is 12.0. The van der Waals surface area contributed by atoms with E-state index in [1.165, 1.54) is 17.0 Å². The second-order valence-corrected chi connectivity index (χ2v) is 10.2. The van der Waals surface area contributed by atoms with Gasteiger partial charge in [0.15, 0.2) is 0 Å². The number of rotatable bonds is 6. The van der Waals surface area contributed by atoms with E-state index >= 15 is 0 Å². The van der Waals surface area contributed by atoms with Crippen LogP contribution >= 0.6 is 0 Å². The summed E-state index contributed by atoms with van der Waals surface area (Å²) in [6.07, 6.45) is 6.90. The van der Waals surface area contributed by atoms with Crippen LogP contribution in [0, 0.1) is 6.92 Å². The lowest BCUT2D eigenvalue weighted by atomic mass is 10.0. The molecule has 1 aromatic heterocycles. The number of aromatic nitrogens is 3. The molecule has 0 bridgehead atoms. The molecule has 0 N–H and O–H groups in total. The van der Waals surface area contributed by atoms with Crippen LogP contribution in [0.4, 0.5) is 5.69 Å². The molecule has 1 atom stereocenters. The summed E-state index contributed by atoms with van der Waals surface area (Å²) in [5.41, 5.74) is 4.16. The van der Waals surface area contributed by atoms with Gasteiger partial charge in [0, 0.05) is 38.0 Å². The van der Waals surface area contributed by atoms with E-state index in [-0.39, 0.29) is 12.1 Å².